The Bertz CT molecular complexity index is 1310. The zero-order valence-electron chi connectivity index (χ0n) is 17.6. The predicted molar refractivity (Wildman–Crippen MR) is 121 cm³/mol. The van der Waals surface area contributed by atoms with E-state index in [0.717, 1.165) is 46.6 Å². The summed E-state index contributed by atoms with van der Waals surface area (Å²) in [6.45, 7) is 4.07. The Hall–Kier alpha value is -3.74. The van der Waals surface area contributed by atoms with Gasteiger partial charge in [0.2, 0.25) is 0 Å². The molecule has 156 valence electrons. The molecule has 1 aliphatic heterocycles. The third-order valence-electron chi connectivity index (χ3n) is 5.89. The number of hydrogen-bond acceptors (Lipinski definition) is 6. The average molecular weight is 413 g/mol. The lowest BCUT2D eigenvalue weighted by Crippen LogP contribution is -2.24. The Morgan fingerprint density at radius 3 is 2.52 bits per heavy atom. The van der Waals surface area contributed by atoms with Gasteiger partial charge in [-0.25, -0.2) is 9.97 Å². The Morgan fingerprint density at radius 2 is 1.77 bits per heavy atom. The highest BCUT2D eigenvalue weighted by Crippen LogP contribution is 2.31. The molecule has 0 radical (unpaired) electrons. The second kappa shape index (κ2) is 7.83. The number of ether oxygens (including phenoxy) is 1. The van der Waals surface area contributed by atoms with Gasteiger partial charge < -0.3 is 9.64 Å². The second-order valence-corrected chi connectivity index (χ2v) is 7.73. The molecule has 0 atom stereocenters. The van der Waals surface area contributed by atoms with Crippen molar-refractivity contribution in [2.24, 2.45) is 0 Å². The van der Waals surface area contributed by atoms with E-state index in [1.165, 1.54) is 17.5 Å². The molecular weight excluding hydrogens is 390 g/mol. The molecule has 0 N–H and O–H groups in total. The van der Waals surface area contributed by atoms with Gasteiger partial charge in [0, 0.05) is 18.5 Å². The van der Waals surface area contributed by atoms with E-state index in [1.807, 2.05) is 43.3 Å². The van der Waals surface area contributed by atoms with Gasteiger partial charge in [0.15, 0.2) is 0 Å². The van der Waals surface area contributed by atoms with E-state index in [2.05, 4.69) is 20.0 Å². The van der Waals surface area contributed by atoms with Gasteiger partial charge >= 0.3 is 0 Å². The van der Waals surface area contributed by atoms with Crippen molar-refractivity contribution in [1.82, 2.24) is 19.7 Å². The van der Waals surface area contributed by atoms with E-state index >= 15 is 0 Å². The highest BCUT2D eigenvalue weighted by molar-refractivity contribution is 5.87. The molecule has 0 saturated carbocycles. The van der Waals surface area contributed by atoms with Crippen molar-refractivity contribution in [3.8, 4) is 22.8 Å². The van der Waals surface area contributed by atoms with Crippen LogP contribution >= 0.6 is 0 Å². The van der Waals surface area contributed by atoms with Crippen LogP contribution in [0.1, 0.15) is 18.4 Å². The number of nitrogens with zero attached hydrogens (tertiary/aromatic N) is 5. The number of fused-ring (bicyclic) bond motifs is 1. The fraction of sp³-hybridized carbons (Fsp3) is 0.250. The monoisotopic (exact) mass is 413 g/mol. The lowest BCUT2D eigenvalue weighted by atomic mass is 9.98. The molecule has 0 bridgehead atoms. The maximum atomic E-state index is 13.1. The Balaban J connectivity index is 1.52. The SMILES string of the molecule is COc1cccc(-c2ccc3c(=O)n(-c4ncc(N5CCCC5)cn4)ncc3c2)c1C. The van der Waals surface area contributed by atoms with Gasteiger partial charge in [0.05, 0.1) is 36.8 Å². The van der Waals surface area contributed by atoms with Crippen LogP contribution in [0.2, 0.25) is 0 Å². The number of methoxy groups -OCH3 is 1. The van der Waals surface area contributed by atoms with Crippen LogP contribution in [0.4, 0.5) is 5.69 Å². The first-order chi connectivity index (χ1) is 15.2. The molecule has 4 aromatic rings. The average Bonchev–Trinajstić information content (AvgIpc) is 3.34. The zero-order valence-corrected chi connectivity index (χ0v) is 17.6. The first-order valence-electron chi connectivity index (χ1n) is 10.4. The molecule has 2 aromatic carbocycles. The molecule has 5 rings (SSSR count). The summed E-state index contributed by atoms with van der Waals surface area (Å²) in [7, 11) is 1.67. The Labute approximate surface area is 180 Å². The van der Waals surface area contributed by atoms with Crippen LogP contribution in [0, 0.1) is 6.92 Å². The van der Waals surface area contributed by atoms with E-state index in [-0.39, 0.29) is 11.5 Å². The van der Waals surface area contributed by atoms with E-state index in [9.17, 15) is 4.79 Å². The van der Waals surface area contributed by atoms with Crippen molar-refractivity contribution in [2.45, 2.75) is 19.8 Å². The van der Waals surface area contributed by atoms with Crippen molar-refractivity contribution in [2.75, 3.05) is 25.1 Å². The molecule has 2 aromatic heterocycles. The molecule has 1 aliphatic rings. The van der Waals surface area contributed by atoms with Gasteiger partial charge in [-0.15, -0.1) is 0 Å². The predicted octanol–water partition coefficient (Wildman–Crippen LogP) is 3.76. The van der Waals surface area contributed by atoms with Crippen LogP contribution < -0.4 is 15.2 Å². The van der Waals surface area contributed by atoms with Crippen molar-refractivity contribution < 1.29 is 4.74 Å². The fourth-order valence-electron chi connectivity index (χ4n) is 4.17. The summed E-state index contributed by atoms with van der Waals surface area (Å²) in [5.74, 6) is 1.11. The topological polar surface area (TPSA) is 73.1 Å². The highest BCUT2D eigenvalue weighted by Gasteiger charge is 2.15. The van der Waals surface area contributed by atoms with Crippen molar-refractivity contribution in [3.05, 3.63) is 70.9 Å². The first kappa shape index (κ1) is 19.2. The second-order valence-electron chi connectivity index (χ2n) is 7.73. The first-order valence-corrected chi connectivity index (χ1v) is 10.4. The largest absolute Gasteiger partial charge is 0.496 e. The fourth-order valence-corrected chi connectivity index (χ4v) is 4.17. The number of rotatable bonds is 4. The minimum Gasteiger partial charge on any atom is -0.496 e. The maximum Gasteiger partial charge on any atom is 0.282 e. The molecule has 31 heavy (non-hydrogen) atoms. The molecule has 0 amide bonds. The van der Waals surface area contributed by atoms with Crippen LogP contribution in [0.25, 0.3) is 27.8 Å². The van der Waals surface area contributed by atoms with Gasteiger partial charge in [-0.3, -0.25) is 4.79 Å². The summed E-state index contributed by atoms with van der Waals surface area (Å²) in [5, 5.41) is 5.68. The molecule has 0 unspecified atom stereocenters. The van der Waals surface area contributed by atoms with Crippen LogP contribution in [0.5, 0.6) is 5.75 Å². The normalized spacial score (nSPS) is 13.7. The Morgan fingerprint density at radius 1 is 1.00 bits per heavy atom. The van der Waals surface area contributed by atoms with Gasteiger partial charge in [0.25, 0.3) is 11.5 Å². The minimum atomic E-state index is -0.236. The third kappa shape index (κ3) is 3.42. The van der Waals surface area contributed by atoms with Crippen molar-refractivity contribution in [1.29, 1.82) is 0 Å². The molecule has 7 heteroatoms. The number of hydrogen-bond donors (Lipinski definition) is 0. The number of anilines is 1. The maximum absolute atomic E-state index is 13.1. The molecule has 1 fully saturated rings. The lowest BCUT2D eigenvalue weighted by molar-refractivity contribution is 0.412. The summed E-state index contributed by atoms with van der Waals surface area (Å²) < 4.78 is 6.69. The summed E-state index contributed by atoms with van der Waals surface area (Å²) in [6.07, 6.45) is 7.59. The van der Waals surface area contributed by atoms with Gasteiger partial charge in [-0.05, 0) is 54.7 Å². The van der Waals surface area contributed by atoms with Gasteiger partial charge in [-0.1, -0.05) is 18.2 Å². The Kier molecular flexibility index (Phi) is 4.86. The minimum absolute atomic E-state index is 0.236. The van der Waals surface area contributed by atoms with E-state index in [1.54, 1.807) is 25.7 Å². The van der Waals surface area contributed by atoms with Crippen molar-refractivity contribution in [3.63, 3.8) is 0 Å². The molecule has 1 saturated heterocycles. The third-order valence-corrected chi connectivity index (χ3v) is 5.89. The van der Waals surface area contributed by atoms with E-state index < -0.39 is 0 Å². The van der Waals surface area contributed by atoms with Crippen LogP contribution in [0.15, 0.2) is 59.8 Å². The zero-order chi connectivity index (χ0) is 21.4. The lowest BCUT2D eigenvalue weighted by Gasteiger charge is -2.16. The summed E-state index contributed by atoms with van der Waals surface area (Å²) in [4.78, 5) is 24.1. The summed E-state index contributed by atoms with van der Waals surface area (Å²) in [6, 6.07) is 11.7. The van der Waals surface area contributed by atoms with Crippen LogP contribution in [0.3, 0.4) is 0 Å². The summed E-state index contributed by atoms with van der Waals surface area (Å²) in [5.41, 5.74) is 3.87. The standard InChI is InChI=1S/C24H23N5O2/c1-16-20(6-5-7-22(16)31-2)17-8-9-21-18(12-17)13-27-29(23(21)30)24-25-14-19(15-26-24)28-10-3-4-11-28/h5-9,12-15H,3-4,10-11H2,1-2H3. The number of benzene rings is 2. The molecular formula is C24H23N5O2. The molecule has 3 heterocycles. The smallest absolute Gasteiger partial charge is 0.282 e. The molecule has 7 nitrogen and oxygen atoms in total. The quantitative estimate of drug-likeness (QED) is 0.507. The summed E-state index contributed by atoms with van der Waals surface area (Å²) >= 11 is 0. The van der Waals surface area contributed by atoms with Crippen LogP contribution in [-0.4, -0.2) is 39.9 Å². The highest BCUT2D eigenvalue weighted by atomic mass is 16.5. The van der Waals surface area contributed by atoms with Crippen LogP contribution in [-0.2, 0) is 0 Å². The van der Waals surface area contributed by atoms with E-state index in [4.69, 9.17) is 4.74 Å². The van der Waals surface area contributed by atoms with Gasteiger partial charge in [-0.2, -0.15) is 9.78 Å². The molecule has 0 aliphatic carbocycles. The van der Waals surface area contributed by atoms with Gasteiger partial charge in [0.1, 0.15) is 5.75 Å². The molecule has 0 spiro atoms. The van der Waals surface area contributed by atoms with E-state index in [0.29, 0.717) is 5.39 Å². The van der Waals surface area contributed by atoms with Crippen molar-refractivity contribution >= 4 is 16.5 Å². The number of aromatic nitrogens is 4.